The van der Waals surface area contributed by atoms with Gasteiger partial charge in [-0.15, -0.1) is 0 Å². The minimum atomic E-state index is -0.126. The van der Waals surface area contributed by atoms with E-state index in [2.05, 4.69) is 16.9 Å². The molecule has 0 aliphatic carbocycles. The summed E-state index contributed by atoms with van der Waals surface area (Å²) in [5.74, 6) is 1.40. The summed E-state index contributed by atoms with van der Waals surface area (Å²) in [5.41, 5.74) is 1.59. The Balaban J connectivity index is 1.81. The van der Waals surface area contributed by atoms with Crippen LogP contribution in [-0.4, -0.2) is 16.6 Å². The molecule has 0 bridgehead atoms. The van der Waals surface area contributed by atoms with E-state index in [1.165, 1.54) is 0 Å². The Labute approximate surface area is 134 Å². The van der Waals surface area contributed by atoms with Gasteiger partial charge < -0.3 is 9.72 Å². The van der Waals surface area contributed by atoms with Crippen molar-refractivity contribution >= 4 is 23.1 Å². The van der Waals surface area contributed by atoms with Gasteiger partial charge in [0.15, 0.2) is 0 Å². The van der Waals surface area contributed by atoms with Gasteiger partial charge in [0.1, 0.15) is 11.6 Å². The topological polar surface area (TPSA) is 55.0 Å². The van der Waals surface area contributed by atoms with E-state index in [-0.39, 0.29) is 5.56 Å². The number of H-pyrrole nitrogens is 1. The molecule has 0 spiro atoms. The highest BCUT2D eigenvalue weighted by Gasteiger charge is 2.00. The van der Waals surface area contributed by atoms with Crippen molar-refractivity contribution in [3.63, 3.8) is 0 Å². The lowest BCUT2D eigenvalue weighted by Crippen LogP contribution is -2.09. The number of fused-ring (bicyclic) bond motifs is 1. The molecule has 0 aliphatic rings. The summed E-state index contributed by atoms with van der Waals surface area (Å²) in [6, 6.07) is 15.1. The number of nitrogens with zero attached hydrogens (tertiary/aromatic N) is 1. The van der Waals surface area contributed by atoms with Crippen molar-refractivity contribution < 1.29 is 4.74 Å². The average Bonchev–Trinajstić information content (AvgIpc) is 2.59. The van der Waals surface area contributed by atoms with Gasteiger partial charge in [0.25, 0.3) is 5.56 Å². The second-order valence-corrected chi connectivity index (χ2v) is 5.22. The van der Waals surface area contributed by atoms with Crippen LogP contribution in [0.2, 0.25) is 0 Å². The molecule has 116 valence electrons. The molecule has 3 rings (SSSR count). The van der Waals surface area contributed by atoms with Crippen molar-refractivity contribution in [1.82, 2.24) is 9.97 Å². The smallest absolute Gasteiger partial charge is 0.259 e. The molecule has 3 aromatic rings. The molecule has 0 aliphatic heterocycles. The largest absolute Gasteiger partial charge is 0.494 e. The van der Waals surface area contributed by atoms with E-state index in [9.17, 15) is 4.79 Å². The SMILES string of the molecule is CCCOc1ccc(/C=C/c2nc3ccccc3c(=O)[nH]2)cc1. The predicted octanol–water partition coefficient (Wildman–Crippen LogP) is 3.88. The molecule has 0 saturated heterocycles. The number of para-hydroxylation sites is 1. The first-order valence-corrected chi connectivity index (χ1v) is 7.66. The Morgan fingerprint density at radius 1 is 1.09 bits per heavy atom. The summed E-state index contributed by atoms with van der Waals surface area (Å²) < 4.78 is 5.55. The maximum absolute atomic E-state index is 12.0. The first-order chi connectivity index (χ1) is 11.3. The van der Waals surface area contributed by atoms with Gasteiger partial charge in [-0.3, -0.25) is 4.79 Å². The monoisotopic (exact) mass is 306 g/mol. The lowest BCUT2D eigenvalue weighted by Gasteiger charge is -2.04. The minimum Gasteiger partial charge on any atom is -0.494 e. The van der Waals surface area contributed by atoms with Crippen LogP contribution in [0.4, 0.5) is 0 Å². The van der Waals surface area contributed by atoms with Gasteiger partial charge in [0.2, 0.25) is 0 Å². The first-order valence-electron chi connectivity index (χ1n) is 7.66. The van der Waals surface area contributed by atoms with Crippen molar-refractivity contribution in [3.05, 3.63) is 70.3 Å². The molecule has 0 radical (unpaired) electrons. The summed E-state index contributed by atoms with van der Waals surface area (Å²) in [6.07, 6.45) is 4.70. The van der Waals surface area contributed by atoms with E-state index >= 15 is 0 Å². The molecule has 1 N–H and O–H groups in total. The highest BCUT2D eigenvalue weighted by molar-refractivity contribution is 5.79. The van der Waals surface area contributed by atoms with E-state index in [4.69, 9.17) is 4.74 Å². The van der Waals surface area contributed by atoms with Gasteiger partial charge >= 0.3 is 0 Å². The van der Waals surface area contributed by atoms with Gasteiger partial charge in [0.05, 0.1) is 17.5 Å². The molecule has 0 saturated carbocycles. The molecule has 0 fully saturated rings. The number of ether oxygens (including phenoxy) is 1. The molecule has 4 nitrogen and oxygen atoms in total. The fourth-order valence-electron chi connectivity index (χ4n) is 2.25. The lowest BCUT2D eigenvalue weighted by atomic mass is 10.2. The maximum atomic E-state index is 12.0. The third-order valence-electron chi connectivity index (χ3n) is 3.42. The quantitative estimate of drug-likeness (QED) is 0.778. The van der Waals surface area contributed by atoms with Crippen LogP contribution in [0.5, 0.6) is 5.75 Å². The Bertz CT molecular complexity index is 880. The molecule has 2 aromatic carbocycles. The van der Waals surface area contributed by atoms with Crippen LogP contribution >= 0.6 is 0 Å². The van der Waals surface area contributed by atoms with Crippen LogP contribution in [0.1, 0.15) is 24.7 Å². The summed E-state index contributed by atoms with van der Waals surface area (Å²) in [7, 11) is 0. The Morgan fingerprint density at radius 3 is 2.65 bits per heavy atom. The number of nitrogens with one attached hydrogen (secondary N) is 1. The molecule has 23 heavy (non-hydrogen) atoms. The molecular formula is C19H18N2O2. The minimum absolute atomic E-state index is 0.126. The first kappa shape index (κ1) is 15.0. The van der Waals surface area contributed by atoms with E-state index in [1.54, 1.807) is 12.1 Å². The van der Waals surface area contributed by atoms with Crippen LogP contribution in [0.15, 0.2) is 53.3 Å². The standard InChI is InChI=1S/C19H18N2O2/c1-2-13-23-15-10-7-14(8-11-15)9-12-18-20-17-6-4-3-5-16(17)19(22)21-18/h3-12H,2,13H2,1H3,(H,20,21,22)/b12-9+. The summed E-state index contributed by atoms with van der Waals surface area (Å²) >= 11 is 0. The second kappa shape index (κ2) is 6.92. The number of rotatable bonds is 5. The van der Waals surface area contributed by atoms with Gasteiger partial charge in [-0.25, -0.2) is 4.98 Å². The average molecular weight is 306 g/mol. The molecule has 0 amide bonds. The van der Waals surface area contributed by atoms with E-state index in [0.717, 1.165) is 24.3 Å². The second-order valence-electron chi connectivity index (χ2n) is 5.22. The van der Waals surface area contributed by atoms with Crippen LogP contribution in [0.25, 0.3) is 23.1 Å². The number of benzene rings is 2. The zero-order chi connectivity index (χ0) is 16.1. The number of aromatic amines is 1. The van der Waals surface area contributed by atoms with Crippen molar-refractivity contribution in [2.24, 2.45) is 0 Å². The molecular weight excluding hydrogens is 288 g/mol. The zero-order valence-electron chi connectivity index (χ0n) is 13.0. The fourth-order valence-corrected chi connectivity index (χ4v) is 2.25. The van der Waals surface area contributed by atoms with Crippen LogP contribution < -0.4 is 10.3 Å². The van der Waals surface area contributed by atoms with Crippen molar-refractivity contribution in [1.29, 1.82) is 0 Å². The molecule has 1 heterocycles. The third kappa shape index (κ3) is 3.66. The Hall–Kier alpha value is -2.88. The predicted molar refractivity (Wildman–Crippen MR) is 93.5 cm³/mol. The summed E-state index contributed by atoms with van der Waals surface area (Å²) in [4.78, 5) is 19.2. The molecule has 4 heteroatoms. The van der Waals surface area contributed by atoms with Crippen LogP contribution in [-0.2, 0) is 0 Å². The highest BCUT2D eigenvalue weighted by atomic mass is 16.5. The highest BCUT2D eigenvalue weighted by Crippen LogP contribution is 2.14. The van der Waals surface area contributed by atoms with Crippen molar-refractivity contribution in [3.8, 4) is 5.75 Å². The lowest BCUT2D eigenvalue weighted by molar-refractivity contribution is 0.317. The van der Waals surface area contributed by atoms with E-state index < -0.39 is 0 Å². The van der Waals surface area contributed by atoms with Crippen molar-refractivity contribution in [2.45, 2.75) is 13.3 Å². The third-order valence-corrected chi connectivity index (χ3v) is 3.42. The summed E-state index contributed by atoms with van der Waals surface area (Å²) in [5, 5.41) is 0.599. The summed E-state index contributed by atoms with van der Waals surface area (Å²) in [6.45, 7) is 2.80. The molecule has 1 aromatic heterocycles. The van der Waals surface area contributed by atoms with Gasteiger partial charge in [-0.2, -0.15) is 0 Å². The van der Waals surface area contributed by atoms with Crippen molar-refractivity contribution in [2.75, 3.05) is 6.61 Å². The van der Waals surface area contributed by atoms with Crippen LogP contribution in [0.3, 0.4) is 0 Å². The molecule has 0 atom stereocenters. The van der Waals surface area contributed by atoms with Gasteiger partial charge in [-0.1, -0.05) is 37.3 Å². The maximum Gasteiger partial charge on any atom is 0.259 e. The zero-order valence-corrected chi connectivity index (χ0v) is 13.0. The number of aromatic nitrogens is 2. The van der Waals surface area contributed by atoms with E-state index in [1.807, 2.05) is 48.5 Å². The number of hydrogen-bond acceptors (Lipinski definition) is 3. The van der Waals surface area contributed by atoms with Crippen LogP contribution in [0, 0.1) is 0 Å². The fraction of sp³-hybridized carbons (Fsp3) is 0.158. The van der Waals surface area contributed by atoms with Gasteiger partial charge in [-0.05, 0) is 42.3 Å². The Morgan fingerprint density at radius 2 is 1.87 bits per heavy atom. The Kier molecular flexibility index (Phi) is 4.52. The normalized spacial score (nSPS) is 11.2. The van der Waals surface area contributed by atoms with E-state index in [0.29, 0.717) is 16.7 Å². The number of hydrogen-bond donors (Lipinski definition) is 1. The molecule has 0 unspecified atom stereocenters. The van der Waals surface area contributed by atoms with Gasteiger partial charge in [0, 0.05) is 0 Å².